The smallest absolute Gasteiger partial charge is 0.281 e. The highest BCUT2D eigenvalue weighted by molar-refractivity contribution is 7.90. The molecule has 3 aromatic rings. The van der Waals surface area contributed by atoms with Gasteiger partial charge in [-0.15, -0.1) is 0 Å². The lowest BCUT2D eigenvalue weighted by Crippen LogP contribution is -2.42. The Balaban J connectivity index is 1.54. The minimum Gasteiger partial charge on any atom is -0.473 e. The fourth-order valence-electron chi connectivity index (χ4n) is 3.81. The molecule has 0 atom stereocenters. The fourth-order valence-corrected chi connectivity index (χ4v) is 4.96. The number of nitrogens with zero attached hydrogens (tertiary/aromatic N) is 3. The Bertz CT molecular complexity index is 1520. The van der Waals surface area contributed by atoms with Crippen LogP contribution in [0.25, 0.3) is 0 Å². The van der Waals surface area contributed by atoms with Crippen molar-refractivity contribution in [1.82, 2.24) is 14.7 Å². The van der Waals surface area contributed by atoms with Crippen LogP contribution in [0.4, 0.5) is 10.2 Å². The van der Waals surface area contributed by atoms with E-state index in [0.717, 1.165) is 11.6 Å². The van der Waals surface area contributed by atoms with E-state index in [1.54, 1.807) is 17.2 Å². The Morgan fingerprint density at radius 1 is 1.19 bits per heavy atom. The summed E-state index contributed by atoms with van der Waals surface area (Å²) in [4.78, 5) is 23.3. The van der Waals surface area contributed by atoms with Crippen LogP contribution in [-0.4, -0.2) is 29.8 Å². The van der Waals surface area contributed by atoms with Gasteiger partial charge in [0.2, 0.25) is 5.88 Å². The molecule has 37 heavy (non-hydrogen) atoms. The number of anilines is 1. The molecule has 8 nitrogen and oxygen atoms in total. The van der Waals surface area contributed by atoms with Crippen molar-refractivity contribution >= 4 is 33.3 Å². The van der Waals surface area contributed by atoms with Crippen molar-refractivity contribution in [1.29, 1.82) is 0 Å². The first-order valence-corrected chi connectivity index (χ1v) is 13.1. The number of carbonyl (C=O) groups excluding carboxylic acids is 1. The van der Waals surface area contributed by atoms with Crippen LogP contribution in [0.15, 0.2) is 83.7 Å². The summed E-state index contributed by atoms with van der Waals surface area (Å²) in [5, 5.41) is -0.244. The Kier molecular flexibility index (Phi) is 7.33. The average molecular weight is 543 g/mol. The Labute approximate surface area is 219 Å². The fraction of sp³-hybridized carbons (Fsp3) is 0.192. The van der Waals surface area contributed by atoms with Gasteiger partial charge in [0, 0.05) is 24.0 Å². The van der Waals surface area contributed by atoms with Crippen LogP contribution >= 0.6 is 11.6 Å². The third-order valence-electron chi connectivity index (χ3n) is 5.54. The van der Waals surface area contributed by atoms with Crippen molar-refractivity contribution in [2.24, 2.45) is 0 Å². The SMILES string of the molecule is CC1=CC(C)(C)N(c2ncccc2C(=O)NS(=O)(=O)c2cccc(OCc3ccc(F)cc3Cl)n2)C=C1. The molecule has 1 aliphatic rings. The molecule has 1 N–H and O–H groups in total. The molecular weight excluding hydrogens is 519 g/mol. The topological polar surface area (TPSA) is 101 Å². The number of carbonyl (C=O) groups is 1. The van der Waals surface area contributed by atoms with Gasteiger partial charge in [0.25, 0.3) is 15.9 Å². The maximum atomic E-state index is 13.3. The summed E-state index contributed by atoms with van der Waals surface area (Å²) in [7, 11) is -4.35. The first-order valence-electron chi connectivity index (χ1n) is 11.2. The van der Waals surface area contributed by atoms with Crippen LogP contribution in [0.3, 0.4) is 0 Å². The van der Waals surface area contributed by atoms with E-state index >= 15 is 0 Å². The predicted molar refractivity (Wildman–Crippen MR) is 138 cm³/mol. The average Bonchev–Trinajstić information content (AvgIpc) is 2.83. The van der Waals surface area contributed by atoms with Crippen LogP contribution in [-0.2, 0) is 16.6 Å². The van der Waals surface area contributed by atoms with Crippen molar-refractivity contribution in [2.45, 2.75) is 37.9 Å². The van der Waals surface area contributed by atoms with Crippen molar-refractivity contribution in [3.8, 4) is 5.88 Å². The molecule has 1 aromatic carbocycles. The summed E-state index contributed by atoms with van der Waals surface area (Å²) in [6.07, 6.45) is 7.24. The number of pyridine rings is 2. The molecule has 0 saturated carbocycles. The van der Waals surface area contributed by atoms with Crippen LogP contribution in [0.5, 0.6) is 5.88 Å². The molecule has 1 amide bonds. The van der Waals surface area contributed by atoms with Gasteiger partial charge in [-0.05, 0) is 57.2 Å². The van der Waals surface area contributed by atoms with E-state index in [4.69, 9.17) is 16.3 Å². The Morgan fingerprint density at radius 3 is 2.70 bits per heavy atom. The molecule has 1 aliphatic heterocycles. The number of sulfonamides is 1. The van der Waals surface area contributed by atoms with E-state index in [-0.39, 0.29) is 23.1 Å². The van der Waals surface area contributed by atoms with Crippen LogP contribution in [0, 0.1) is 5.82 Å². The molecule has 0 fully saturated rings. The number of allylic oxidation sites excluding steroid dienone is 2. The van der Waals surface area contributed by atoms with Crippen LogP contribution < -0.4 is 14.4 Å². The summed E-state index contributed by atoms with van der Waals surface area (Å²) >= 11 is 6.01. The molecule has 0 unspecified atom stereocenters. The molecule has 3 heterocycles. The normalized spacial score (nSPS) is 14.7. The van der Waals surface area contributed by atoms with E-state index in [1.807, 2.05) is 32.9 Å². The number of hydrogen-bond donors (Lipinski definition) is 1. The highest BCUT2D eigenvalue weighted by Gasteiger charge is 2.31. The molecule has 192 valence electrons. The van der Waals surface area contributed by atoms with Gasteiger partial charge in [-0.3, -0.25) is 4.79 Å². The highest BCUT2D eigenvalue weighted by Crippen LogP contribution is 2.31. The zero-order chi connectivity index (χ0) is 26.8. The maximum Gasteiger partial charge on any atom is 0.281 e. The number of hydrogen-bond acceptors (Lipinski definition) is 7. The van der Waals surface area contributed by atoms with Gasteiger partial charge in [0.15, 0.2) is 5.03 Å². The molecule has 0 saturated heterocycles. The van der Waals surface area contributed by atoms with Crippen molar-refractivity contribution in [2.75, 3.05) is 4.90 Å². The lowest BCUT2D eigenvalue weighted by atomic mass is 9.96. The number of ether oxygens (including phenoxy) is 1. The lowest BCUT2D eigenvalue weighted by Gasteiger charge is -2.38. The number of rotatable bonds is 7. The van der Waals surface area contributed by atoms with Gasteiger partial charge in [-0.2, -0.15) is 13.4 Å². The van der Waals surface area contributed by atoms with Gasteiger partial charge in [0.1, 0.15) is 18.2 Å². The van der Waals surface area contributed by atoms with Crippen LogP contribution in [0.1, 0.15) is 36.7 Å². The van der Waals surface area contributed by atoms with E-state index in [2.05, 4.69) is 14.7 Å². The number of aromatic nitrogens is 2. The summed E-state index contributed by atoms with van der Waals surface area (Å²) in [6, 6.07) is 11.0. The predicted octanol–water partition coefficient (Wildman–Crippen LogP) is 5.03. The van der Waals surface area contributed by atoms with E-state index in [1.165, 1.54) is 42.6 Å². The summed E-state index contributed by atoms with van der Waals surface area (Å²) in [5.74, 6) is -1.05. The lowest BCUT2D eigenvalue weighted by molar-refractivity contribution is 0.0981. The van der Waals surface area contributed by atoms with Gasteiger partial charge >= 0.3 is 0 Å². The molecule has 0 radical (unpaired) electrons. The van der Waals surface area contributed by atoms with Crippen LogP contribution in [0.2, 0.25) is 5.02 Å². The number of benzene rings is 1. The van der Waals surface area contributed by atoms with Gasteiger partial charge in [-0.25, -0.2) is 14.1 Å². The Hall–Kier alpha value is -3.76. The molecule has 0 spiro atoms. The maximum absolute atomic E-state index is 13.3. The minimum atomic E-state index is -4.35. The molecule has 0 aliphatic carbocycles. The molecule has 0 bridgehead atoms. The van der Waals surface area contributed by atoms with Crippen molar-refractivity contribution in [3.63, 3.8) is 0 Å². The zero-order valence-electron chi connectivity index (χ0n) is 20.3. The van der Waals surface area contributed by atoms with E-state index in [0.29, 0.717) is 11.4 Å². The number of amides is 1. The van der Waals surface area contributed by atoms with Gasteiger partial charge < -0.3 is 9.64 Å². The molecule has 2 aromatic heterocycles. The molecular formula is C26H24ClFN4O4S. The van der Waals surface area contributed by atoms with E-state index < -0.39 is 32.3 Å². The number of nitrogens with one attached hydrogen (secondary N) is 1. The quantitative estimate of drug-likeness (QED) is 0.447. The first-order chi connectivity index (χ1) is 17.5. The van der Waals surface area contributed by atoms with E-state index in [9.17, 15) is 17.6 Å². The van der Waals surface area contributed by atoms with Crippen molar-refractivity contribution < 1.29 is 22.3 Å². The standard InChI is InChI=1S/C26H24ClFN4O4S/c1-17-11-13-32(26(2,3)15-17)24-20(6-5-12-29-24)25(33)31-37(34,35)23-8-4-7-22(30-23)36-16-18-9-10-19(28)14-21(18)27/h4-15H,16H2,1-3H3,(H,31,33). The second-order valence-corrected chi connectivity index (χ2v) is 10.9. The van der Waals surface area contributed by atoms with Gasteiger partial charge in [0.05, 0.1) is 16.1 Å². The monoisotopic (exact) mass is 542 g/mol. The Morgan fingerprint density at radius 2 is 1.97 bits per heavy atom. The molecule has 4 rings (SSSR count). The second-order valence-electron chi connectivity index (χ2n) is 8.88. The summed E-state index contributed by atoms with van der Waals surface area (Å²) in [5.41, 5.74) is 1.13. The second kappa shape index (κ2) is 10.3. The molecule has 11 heteroatoms. The largest absolute Gasteiger partial charge is 0.473 e. The summed E-state index contributed by atoms with van der Waals surface area (Å²) in [6.45, 7) is 5.82. The summed E-state index contributed by atoms with van der Waals surface area (Å²) < 4.78 is 46.9. The first kappa shape index (κ1) is 26.3. The van der Waals surface area contributed by atoms with Gasteiger partial charge in [-0.1, -0.05) is 35.4 Å². The minimum absolute atomic E-state index is 0.0138. The third kappa shape index (κ3) is 5.98. The number of halogens is 2. The highest BCUT2D eigenvalue weighted by atomic mass is 35.5. The van der Waals surface area contributed by atoms with Crippen molar-refractivity contribution in [3.05, 3.63) is 101 Å². The third-order valence-corrected chi connectivity index (χ3v) is 7.12. The zero-order valence-corrected chi connectivity index (χ0v) is 21.8.